The van der Waals surface area contributed by atoms with Gasteiger partial charge in [-0.05, 0) is 30.9 Å². The third-order valence-corrected chi connectivity index (χ3v) is 13.5. The van der Waals surface area contributed by atoms with E-state index in [-0.39, 0.29) is 58.0 Å². The van der Waals surface area contributed by atoms with Gasteiger partial charge in [-0.25, -0.2) is 0 Å². The van der Waals surface area contributed by atoms with Gasteiger partial charge in [0.2, 0.25) is 0 Å². The first-order chi connectivity index (χ1) is 23.8. The van der Waals surface area contributed by atoms with E-state index >= 15 is 0 Å². The van der Waals surface area contributed by atoms with Crippen LogP contribution in [0.1, 0.15) is 74.8 Å². The number of aliphatic hydroxyl groups excluding tert-OH is 1. The van der Waals surface area contributed by atoms with E-state index in [1.807, 2.05) is 45.3 Å². The number of carbonyl (C=O) groups is 3. The van der Waals surface area contributed by atoms with E-state index in [1.165, 1.54) is 4.90 Å². The Morgan fingerprint density at radius 2 is 1.82 bits per heavy atom. The quantitative estimate of drug-likeness (QED) is 0.166. The second-order valence-corrected chi connectivity index (χ2v) is 19.2. The molecule has 2 aromatic carbocycles. The van der Waals surface area contributed by atoms with Crippen molar-refractivity contribution in [3.05, 3.63) is 71.1 Å². The Hall–Kier alpha value is -3.49. The minimum atomic E-state index is -0.976. The van der Waals surface area contributed by atoms with Crippen LogP contribution < -0.4 is 36.6 Å². The van der Waals surface area contributed by atoms with Gasteiger partial charge >= 0.3 is 237 Å². The fourth-order valence-corrected chi connectivity index (χ4v) is 9.64. The normalized spacial score (nSPS) is 24.5. The van der Waals surface area contributed by atoms with Crippen LogP contribution in [0.25, 0.3) is 21.4 Å². The summed E-state index contributed by atoms with van der Waals surface area (Å²) in [6, 6.07) is 13.5. The van der Waals surface area contributed by atoms with E-state index in [9.17, 15) is 19.5 Å². The van der Waals surface area contributed by atoms with Gasteiger partial charge in [0.1, 0.15) is 11.3 Å². The van der Waals surface area contributed by atoms with Gasteiger partial charge in [0, 0.05) is 11.5 Å². The van der Waals surface area contributed by atoms with Crippen molar-refractivity contribution in [2.24, 2.45) is 11.3 Å². The molecule has 4 aromatic rings. The van der Waals surface area contributed by atoms with E-state index in [2.05, 4.69) is 46.8 Å². The second-order valence-electron chi connectivity index (χ2n) is 15.0. The van der Waals surface area contributed by atoms with Crippen molar-refractivity contribution in [3.63, 3.8) is 0 Å². The van der Waals surface area contributed by atoms with Gasteiger partial charge in [-0.2, -0.15) is 0 Å². The summed E-state index contributed by atoms with van der Waals surface area (Å²) in [7, 11) is 0. The van der Waals surface area contributed by atoms with E-state index in [1.54, 1.807) is 23.5 Å². The molecule has 2 aromatic heterocycles. The zero-order valence-corrected chi connectivity index (χ0v) is 31.9. The number of aliphatic hydroxyl groups is 1. The minimum absolute atomic E-state index is 0.00969. The zero-order valence-electron chi connectivity index (χ0n) is 28.9. The molecule has 0 radical (unpaired) electrons. The van der Waals surface area contributed by atoms with Crippen LogP contribution in [-0.4, -0.2) is 71.9 Å². The van der Waals surface area contributed by atoms with E-state index in [0.717, 1.165) is 44.4 Å². The summed E-state index contributed by atoms with van der Waals surface area (Å²) in [6.07, 6.45) is 1.52. The fraction of sp³-hybridized carbons (Fsp3) is 0.474. The molecule has 3 N–H and O–H groups in total. The fourth-order valence-electron chi connectivity index (χ4n) is 6.92. The molecule has 1 saturated carbocycles. The average molecular weight is 812 g/mol. The van der Waals surface area contributed by atoms with E-state index in [4.69, 9.17) is 9.15 Å². The molecule has 3 amide bonds. The first kappa shape index (κ1) is 34.9. The number of hydrogen-bond donors (Lipinski definition) is 3. The number of halogens is 1. The maximum atomic E-state index is 14.2. The van der Waals surface area contributed by atoms with Crippen molar-refractivity contribution in [1.82, 2.24) is 20.5 Å². The molecule has 2 unspecified atom stereocenters. The molecular weight excluding hydrogens is 767 g/mol. The van der Waals surface area contributed by atoms with Crippen LogP contribution >= 0.6 is 11.3 Å². The van der Waals surface area contributed by atoms with Crippen molar-refractivity contribution in [2.45, 2.75) is 88.1 Å². The number of fused-ring (bicyclic) bond motifs is 1. The van der Waals surface area contributed by atoms with Gasteiger partial charge in [-0.3, -0.25) is 0 Å². The van der Waals surface area contributed by atoms with Gasteiger partial charge in [0.25, 0.3) is 0 Å². The molecule has 2 saturated heterocycles. The number of amides is 3. The number of rotatable bonds is 10. The molecule has 3 fully saturated rings. The predicted octanol–water partition coefficient (Wildman–Crippen LogP) is 2.48. The number of thiazole rings is 1. The number of nitrogens with zero attached hydrogens (tertiary/aromatic N) is 2. The Morgan fingerprint density at radius 1 is 1.08 bits per heavy atom. The van der Waals surface area contributed by atoms with Crippen molar-refractivity contribution >= 4 is 40.0 Å². The molecule has 7 rings (SSSR count). The van der Waals surface area contributed by atoms with Crippen LogP contribution in [0.15, 0.2) is 58.5 Å². The Labute approximate surface area is 306 Å². The molecule has 1 aliphatic carbocycles. The van der Waals surface area contributed by atoms with Crippen LogP contribution in [0, 0.1) is 18.3 Å². The summed E-state index contributed by atoms with van der Waals surface area (Å²) in [4.78, 5) is 48.7. The van der Waals surface area contributed by atoms with Crippen molar-refractivity contribution in [3.8, 4) is 16.2 Å². The SMILES string of the molecule is Cc1ncsc1-c1ccc(C(NC(=O)[C@@H]2C[C@@H](O)CN2C(=O)[C@@H](NC(=O)c2cc3ccc(OC4CC(C)C4)cc3o2)C(C)(C)C)C2C[I-]2)cc1. The number of nitrogens with one attached hydrogen (secondary N) is 2. The second kappa shape index (κ2) is 13.9. The van der Waals surface area contributed by atoms with Crippen LogP contribution in [-0.2, 0) is 9.59 Å². The van der Waals surface area contributed by atoms with Gasteiger partial charge in [0.15, 0.2) is 0 Å². The predicted molar refractivity (Wildman–Crippen MR) is 188 cm³/mol. The number of likely N-dealkylation sites (tertiary alicyclic amines) is 1. The number of carbonyl (C=O) groups excluding carboxylic acids is 3. The number of ether oxygens (including phenoxy) is 1. The summed E-state index contributed by atoms with van der Waals surface area (Å²) < 4.78 is 13.5. The summed E-state index contributed by atoms with van der Waals surface area (Å²) in [5.74, 6) is 0.217. The van der Waals surface area contributed by atoms with E-state index in [0.29, 0.717) is 21.2 Å². The first-order valence-corrected chi connectivity index (χ1v) is 20.9. The van der Waals surface area contributed by atoms with Gasteiger partial charge in [-0.15, -0.1) is 0 Å². The van der Waals surface area contributed by atoms with Gasteiger partial charge in [0.05, 0.1) is 6.10 Å². The molecule has 5 atom stereocenters. The van der Waals surface area contributed by atoms with Crippen LogP contribution in [0.3, 0.4) is 0 Å². The van der Waals surface area contributed by atoms with Crippen LogP contribution in [0.2, 0.25) is 0 Å². The first-order valence-electron chi connectivity index (χ1n) is 17.2. The number of furan rings is 1. The van der Waals surface area contributed by atoms with Crippen LogP contribution in [0.5, 0.6) is 5.75 Å². The third kappa shape index (κ3) is 7.43. The molecule has 12 heteroatoms. The summed E-state index contributed by atoms with van der Waals surface area (Å²) in [5.41, 5.74) is 4.78. The number of aryl methyl sites for hydroxylation is 1. The average Bonchev–Trinajstić information content (AvgIpc) is 3.46. The van der Waals surface area contributed by atoms with Gasteiger partial charge in [-0.1, -0.05) is 6.92 Å². The number of aromatic nitrogens is 1. The Bertz CT molecular complexity index is 1890. The van der Waals surface area contributed by atoms with Gasteiger partial charge < -0.3 is 4.74 Å². The standard InChI is InChI=1S/C38H44IN4O6S/c1-20-12-27(13-20)48-26-11-10-24-14-31(49-30(24)16-26)36(46)42-34(38(3,4)5)37(47)43-18-25(44)15-29(43)35(45)41-32(28-17-39-28)22-6-8-23(9-7-22)33-21(2)40-19-50-33/h6-11,14,16,19-20,25,27-29,32,34,44H,12-13,15,17-18H2,1-5H3,(H,41,45)(H,42,46)/q-1/t20?,25-,27?,28?,29+,32?,34-/m1/s1. The zero-order chi connectivity index (χ0) is 35.3. The molecular formula is C38H44IN4O6S-. The molecule has 50 heavy (non-hydrogen) atoms. The number of hydrogen-bond acceptors (Lipinski definition) is 8. The molecule has 2 aliphatic heterocycles. The van der Waals surface area contributed by atoms with Crippen LogP contribution in [0.4, 0.5) is 0 Å². The molecule has 3 aliphatic rings. The topological polar surface area (TPSA) is 134 Å². The Balaban J connectivity index is 1.05. The monoisotopic (exact) mass is 811 g/mol. The molecule has 0 spiro atoms. The molecule has 4 heterocycles. The van der Waals surface area contributed by atoms with Crippen molar-refractivity contribution < 1.29 is 49.8 Å². The molecule has 0 bridgehead atoms. The summed E-state index contributed by atoms with van der Waals surface area (Å²) in [6.45, 7) is 9.81. The summed E-state index contributed by atoms with van der Waals surface area (Å²) in [5, 5.41) is 17.6. The molecule has 266 valence electrons. The third-order valence-electron chi connectivity index (χ3n) is 9.87. The number of benzene rings is 2. The maximum absolute atomic E-state index is 14.2. The number of β-amino-alcohol motifs (C(OH)–C–C–N with tert-alkyl or cyclic N) is 1. The Kier molecular flexibility index (Phi) is 9.72. The van der Waals surface area contributed by atoms with E-state index < -0.39 is 35.4 Å². The van der Waals surface area contributed by atoms with Crippen molar-refractivity contribution in [1.29, 1.82) is 0 Å². The number of alkyl halides is 2. The molecule has 10 nitrogen and oxygen atoms in total. The Morgan fingerprint density at radius 3 is 2.46 bits per heavy atom. The van der Waals surface area contributed by atoms with Crippen molar-refractivity contribution in [2.75, 3.05) is 11.0 Å². The summed E-state index contributed by atoms with van der Waals surface area (Å²) >= 11 is 1.60.